The first kappa shape index (κ1) is 16.8. The van der Waals surface area contributed by atoms with E-state index in [0.717, 1.165) is 12.8 Å². The Labute approximate surface area is 130 Å². The van der Waals surface area contributed by atoms with Crippen LogP contribution in [0.1, 0.15) is 79.6 Å². The van der Waals surface area contributed by atoms with Gasteiger partial charge >= 0.3 is 5.97 Å². The van der Waals surface area contributed by atoms with E-state index in [9.17, 15) is 9.90 Å². The Balaban J connectivity index is 2.20. The molecule has 122 valence electrons. The highest BCUT2D eigenvalue weighted by Gasteiger charge is 2.79. The third-order valence-electron chi connectivity index (χ3n) is 7.07. The van der Waals surface area contributed by atoms with Crippen LogP contribution in [0.4, 0.5) is 0 Å². The van der Waals surface area contributed by atoms with Crippen LogP contribution in [0.3, 0.4) is 0 Å². The van der Waals surface area contributed by atoms with Gasteiger partial charge in [-0.2, -0.15) is 0 Å². The molecule has 0 aromatic heterocycles. The smallest absolute Gasteiger partial charge is 0.310 e. The highest BCUT2D eigenvalue weighted by atomic mass is 16.4. The number of unbranched alkanes of at least 4 members (excludes halogenated alkanes) is 1. The molecule has 2 heteroatoms. The Morgan fingerprint density at radius 3 is 2.48 bits per heavy atom. The third kappa shape index (κ3) is 2.43. The highest BCUT2D eigenvalue weighted by Crippen LogP contribution is 2.78. The standard InChI is InChI=1S/C19H34O2/c1-6-8-9-14(7-2)12-15-13(3)10-11-16-18(4,5)19(15,16)17(20)21/h13-16H,6-12H2,1-5H3,(H,20,21). The topological polar surface area (TPSA) is 37.3 Å². The van der Waals surface area contributed by atoms with E-state index in [1.54, 1.807) is 0 Å². The van der Waals surface area contributed by atoms with E-state index in [0.29, 0.717) is 23.7 Å². The number of hydrogen-bond acceptors (Lipinski definition) is 1. The number of hydrogen-bond donors (Lipinski definition) is 1. The molecule has 0 aromatic rings. The molecular formula is C19H34O2. The third-order valence-corrected chi connectivity index (χ3v) is 7.07. The molecule has 0 radical (unpaired) electrons. The van der Waals surface area contributed by atoms with Crippen LogP contribution in [-0.4, -0.2) is 11.1 Å². The van der Waals surface area contributed by atoms with Gasteiger partial charge in [-0.1, -0.05) is 66.7 Å². The van der Waals surface area contributed by atoms with Crippen LogP contribution in [0.15, 0.2) is 0 Å². The second-order valence-electron chi connectivity index (χ2n) is 8.26. The summed E-state index contributed by atoms with van der Waals surface area (Å²) >= 11 is 0. The van der Waals surface area contributed by atoms with Crippen LogP contribution in [0.5, 0.6) is 0 Å². The summed E-state index contributed by atoms with van der Waals surface area (Å²) in [6, 6.07) is 0. The molecular weight excluding hydrogens is 260 g/mol. The van der Waals surface area contributed by atoms with Gasteiger partial charge in [-0.3, -0.25) is 4.79 Å². The van der Waals surface area contributed by atoms with Crippen molar-refractivity contribution in [2.45, 2.75) is 79.6 Å². The second kappa shape index (κ2) is 5.93. The minimum atomic E-state index is -0.514. The van der Waals surface area contributed by atoms with Gasteiger partial charge in [0.2, 0.25) is 0 Å². The van der Waals surface area contributed by atoms with E-state index in [-0.39, 0.29) is 5.41 Å². The van der Waals surface area contributed by atoms with Crippen molar-refractivity contribution in [2.75, 3.05) is 0 Å². The lowest BCUT2D eigenvalue weighted by atomic mass is 9.66. The lowest BCUT2D eigenvalue weighted by molar-refractivity contribution is -0.150. The first-order chi connectivity index (χ1) is 9.83. The van der Waals surface area contributed by atoms with Gasteiger partial charge < -0.3 is 5.11 Å². The minimum Gasteiger partial charge on any atom is -0.481 e. The van der Waals surface area contributed by atoms with Gasteiger partial charge in [0.25, 0.3) is 0 Å². The summed E-state index contributed by atoms with van der Waals surface area (Å²) in [5, 5.41) is 10.0. The first-order valence-corrected chi connectivity index (χ1v) is 9.07. The summed E-state index contributed by atoms with van der Waals surface area (Å²) in [7, 11) is 0. The van der Waals surface area contributed by atoms with Crippen LogP contribution >= 0.6 is 0 Å². The maximum absolute atomic E-state index is 12.2. The molecule has 2 aliphatic carbocycles. The molecule has 0 heterocycles. The van der Waals surface area contributed by atoms with Crippen molar-refractivity contribution < 1.29 is 9.90 Å². The molecule has 0 aromatic carbocycles. The normalized spacial score (nSPS) is 38.6. The van der Waals surface area contributed by atoms with Gasteiger partial charge in [0.05, 0.1) is 5.41 Å². The van der Waals surface area contributed by atoms with Crippen molar-refractivity contribution in [3.05, 3.63) is 0 Å². The maximum Gasteiger partial charge on any atom is 0.310 e. The summed E-state index contributed by atoms with van der Waals surface area (Å²) in [6.45, 7) is 11.2. The molecule has 0 bridgehead atoms. The molecule has 2 nitrogen and oxygen atoms in total. The van der Waals surface area contributed by atoms with Gasteiger partial charge in [-0.25, -0.2) is 0 Å². The Morgan fingerprint density at radius 1 is 1.29 bits per heavy atom. The summed E-state index contributed by atoms with van der Waals surface area (Å²) in [5.74, 6) is 1.55. The molecule has 0 aliphatic heterocycles. The number of aliphatic carboxylic acids is 1. The molecule has 2 saturated carbocycles. The average Bonchev–Trinajstić information content (AvgIpc) is 2.95. The van der Waals surface area contributed by atoms with Crippen LogP contribution in [0, 0.1) is 34.5 Å². The number of fused-ring (bicyclic) bond motifs is 1. The van der Waals surface area contributed by atoms with Crippen molar-refractivity contribution >= 4 is 5.97 Å². The summed E-state index contributed by atoms with van der Waals surface area (Å²) < 4.78 is 0. The van der Waals surface area contributed by atoms with Crippen LogP contribution < -0.4 is 0 Å². The quantitative estimate of drug-likeness (QED) is 0.685. The number of carbonyl (C=O) groups is 1. The van der Waals surface area contributed by atoms with Crippen molar-refractivity contribution in [3.63, 3.8) is 0 Å². The molecule has 5 atom stereocenters. The molecule has 0 spiro atoms. The zero-order valence-electron chi connectivity index (χ0n) is 14.6. The Kier molecular flexibility index (Phi) is 4.75. The van der Waals surface area contributed by atoms with Crippen LogP contribution in [-0.2, 0) is 4.79 Å². The van der Waals surface area contributed by atoms with E-state index in [1.807, 2.05) is 0 Å². The lowest BCUT2D eigenvalue weighted by Crippen LogP contribution is -2.38. The average molecular weight is 294 g/mol. The monoisotopic (exact) mass is 294 g/mol. The Hall–Kier alpha value is -0.530. The molecule has 2 aliphatic rings. The van der Waals surface area contributed by atoms with Gasteiger partial charge in [0.1, 0.15) is 0 Å². The fourth-order valence-electron chi connectivity index (χ4n) is 5.65. The Morgan fingerprint density at radius 2 is 1.95 bits per heavy atom. The highest BCUT2D eigenvalue weighted by molar-refractivity contribution is 5.81. The number of carboxylic acid groups (broad SMARTS) is 1. The fourth-order valence-corrected chi connectivity index (χ4v) is 5.65. The molecule has 5 unspecified atom stereocenters. The van der Waals surface area contributed by atoms with Crippen molar-refractivity contribution in [3.8, 4) is 0 Å². The van der Waals surface area contributed by atoms with E-state index >= 15 is 0 Å². The predicted molar refractivity (Wildman–Crippen MR) is 87.2 cm³/mol. The van der Waals surface area contributed by atoms with Crippen LogP contribution in [0.2, 0.25) is 0 Å². The molecule has 0 saturated heterocycles. The SMILES string of the molecule is CCCCC(CC)CC1C(C)CCC2C(C)(C)C12C(=O)O. The molecule has 0 amide bonds. The number of carboxylic acids is 1. The minimum absolute atomic E-state index is 0.00267. The molecule has 21 heavy (non-hydrogen) atoms. The fraction of sp³-hybridized carbons (Fsp3) is 0.947. The summed E-state index contributed by atoms with van der Waals surface area (Å²) in [5.41, 5.74) is -0.429. The molecule has 2 rings (SSSR count). The molecule has 2 fully saturated rings. The van der Waals surface area contributed by atoms with Crippen molar-refractivity contribution in [1.29, 1.82) is 0 Å². The van der Waals surface area contributed by atoms with E-state index in [2.05, 4.69) is 34.6 Å². The van der Waals surface area contributed by atoms with Crippen molar-refractivity contribution in [1.82, 2.24) is 0 Å². The maximum atomic E-state index is 12.2. The zero-order valence-corrected chi connectivity index (χ0v) is 14.6. The van der Waals surface area contributed by atoms with Gasteiger partial charge in [0, 0.05) is 0 Å². The van der Waals surface area contributed by atoms with E-state index in [4.69, 9.17) is 0 Å². The number of rotatable bonds is 7. The molecule has 1 N–H and O–H groups in total. The Bertz CT molecular complexity index is 387. The summed E-state index contributed by atoms with van der Waals surface area (Å²) in [6.07, 6.45) is 8.47. The second-order valence-corrected chi connectivity index (χ2v) is 8.26. The zero-order chi connectivity index (χ0) is 15.8. The van der Waals surface area contributed by atoms with E-state index < -0.39 is 11.4 Å². The van der Waals surface area contributed by atoms with Gasteiger partial charge in [0.15, 0.2) is 0 Å². The lowest BCUT2D eigenvalue weighted by Gasteiger charge is -2.37. The predicted octanol–water partition coefficient (Wildman–Crippen LogP) is 5.37. The summed E-state index contributed by atoms with van der Waals surface area (Å²) in [4.78, 5) is 12.2. The van der Waals surface area contributed by atoms with Gasteiger partial charge in [-0.05, 0) is 41.9 Å². The van der Waals surface area contributed by atoms with E-state index in [1.165, 1.54) is 32.1 Å². The van der Waals surface area contributed by atoms with Crippen LogP contribution in [0.25, 0.3) is 0 Å². The largest absolute Gasteiger partial charge is 0.481 e. The first-order valence-electron chi connectivity index (χ1n) is 9.07. The van der Waals surface area contributed by atoms with Gasteiger partial charge in [-0.15, -0.1) is 0 Å². The van der Waals surface area contributed by atoms with Crippen molar-refractivity contribution in [2.24, 2.45) is 34.5 Å².